The minimum atomic E-state index is 0.143. The van der Waals surface area contributed by atoms with Gasteiger partial charge in [-0.05, 0) is 266 Å². The molecule has 9 heteroatoms. The number of likely N-dealkylation sites (tertiary alicyclic amines) is 1. The van der Waals surface area contributed by atoms with Gasteiger partial charge in [-0.1, -0.05) is 212 Å². The van der Waals surface area contributed by atoms with Crippen LogP contribution in [0.15, 0.2) is 249 Å². The number of rotatable bonds is 23. The summed E-state index contributed by atoms with van der Waals surface area (Å²) >= 11 is 0. The molecule has 0 aliphatic carbocycles. The number of allylic oxidation sites excluding steroid dienone is 3. The van der Waals surface area contributed by atoms with Crippen molar-refractivity contribution < 1.29 is 30.6 Å². The summed E-state index contributed by atoms with van der Waals surface area (Å²) < 4.78 is 0. The topological polar surface area (TPSA) is 131 Å². The molecular weight excluding hydrogens is 1230 g/mol. The number of nitrogens with zero attached hydrogens (tertiary/aromatic N) is 3. The number of benzene rings is 9. The smallest absolute Gasteiger partial charge is 0.116 e. The number of aromatic hydroxyl groups is 3. The van der Waals surface area contributed by atoms with E-state index >= 15 is 0 Å². The quantitative estimate of drug-likeness (QED) is 0.0347. The van der Waals surface area contributed by atoms with Gasteiger partial charge in [-0.25, -0.2) is 0 Å². The number of aliphatic hydroxyl groups is 3. The van der Waals surface area contributed by atoms with Gasteiger partial charge < -0.3 is 35.5 Å². The van der Waals surface area contributed by atoms with Crippen LogP contribution in [0, 0.1) is 0 Å². The molecule has 12 rings (SSSR count). The summed E-state index contributed by atoms with van der Waals surface area (Å²) in [6.07, 6.45) is 13.6. The van der Waals surface area contributed by atoms with Crippen LogP contribution in [0.4, 0.5) is 0 Å². The molecule has 0 atom stereocenters. The number of aliphatic hydroxyl groups excluding tert-OH is 3. The lowest BCUT2D eigenvalue weighted by atomic mass is 9.85. The van der Waals surface area contributed by atoms with Crippen molar-refractivity contribution in [2.75, 3.05) is 66.1 Å². The van der Waals surface area contributed by atoms with Crippen molar-refractivity contribution in [2.45, 2.75) is 110 Å². The standard InChI is InChI=1S/2C31H35NO2.C29H33NO2/c1-23(2)32-19-17-25(18-20-32)24-13-15-27(16-14-24)31(28-10-6-11-29(34)22-28)30(12-7-21-33)26-8-4-3-5-9-26;1-23(2)32-20-18-25(19-21-32)24-10-12-27(13-11-24)31(28-14-16-29(34)17-15-28)30(9-6-22-33)26-7-4-3-5-8-26;1-30-18-16-23(17-19-30)22-12-14-25(15-13-22)29(26-9-5-10-27(32)21-26)28(11-6-20-31)24-7-3-2-4-8-24/h3-6,8-11,13-17,22-23,33-34H,7,12,18-21H2,1-2H3;3-5,7-8,10-18,23,33-34H,6,9,19-22H2,1-2H3;2-5,7-10,12-15,21,23,31-32H,6,11,16-20H2,1H3/b2*31-30+;29-28+. The molecule has 0 unspecified atom stereocenters. The Morgan fingerprint density at radius 1 is 0.360 bits per heavy atom. The molecule has 1 saturated heterocycles. The maximum atomic E-state index is 10.2. The summed E-state index contributed by atoms with van der Waals surface area (Å²) in [6.45, 7) is 16.0. The molecule has 1 fully saturated rings. The van der Waals surface area contributed by atoms with E-state index in [0.29, 0.717) is 37.3 Å². The SMILES string of the molecule is CC(C)N1CC=C(c2ccc(/C(=C(/CCCO)c3ccccc3)c3ccc(O)cc3)cc2)CC1.CC(C)N1CC=C(c2ccc(/C(=C(/CCCO)c3ccccc3)c3cccc(O)c3)cc2)CC1.CN1CCC(c2ccc(/C(=C(/CCCO)c3ccccc3)c3cccc(O)c3)cc2)CC1. The zero-order valence-electron chi connectivity index (χ0n) is 59.4. The van der Waals surface area contributed by atoms with Gasteiger partial charge in [0, 0.05) is 58.1 Å². The van der Waals surface area contributed by atoms with Crippen molar-refractivity contribution in [1.82, 2.24) is 14.7 Å². The third kappa shape index (κ3) is 20.1. The molecule has 0 amide bonds. The molecule has 0 radical (unpaired) electrons. The summed E-state index contributed by atoms with van der Waals surface area (Å²) in [5, 5.41) is 59.1. The number of hydrogen-bond donors (Lipinski definition) is 6. The van der Waals surface area contributed by atoms with E-state index in [4.69, 9.17) is 0 Å². The fourth-order valence-corrected chi connectivity index (χ4v) is 14.2. The van der Waals surface area contributed by atoms with Gasteiger partial charge in [-0.2, -0.15) is 0 Å². The third-order valence-corrected chi connectivity index (χ3v) is 19.9. The van der Waals surface area contributed by atoms with E-state index in [2.05, 4.69) is 207 Å². The van der Waals surface area contributed by atoms with Gasteiger partial charge in [0.15, 0.2) is 0 Å². The van der Waals surface area contributed by atoms with Crippen molar-refractivity contribution in [3.05, 3.63) is 316 Å². The van der Waals surface area contributed by atoms with E-state index in [-0.39, 0.29) is 37.1 Å². The van der Waals surface area contributed by atoms with Gasteiger partial charge in [0.1, 0.15) is 17.2 Å². The van der Waals surface area contributed by atoms with Crippen LogP contribution in [-0.4, -0.2) is 124 Å². The van der Waals surface area contributed by atoms with Gasteiger partial charge in [0.2, 0.25) is 0 Å². The largest absolute Gasteiger partial charge is 0.508 e. The third-order valence-electron chi connectivity index (χ3n) is 19.9. The monoisotopic (exact) mass is 1330 g/mol. The molecule has 100 heavy (non-hydrogen) atoms. The lowest BCUT2D eigenvalue weighted by molar-refractivity contribution is 0.245. The molecule has 0 aromatic heterocycles. The molecule has 518 valence electrons. The first-order chi connectivity index (χ1) is 48.8. The van der Waals surface area contributed by atoms with Gasteiger partial charge in [-0.3, -0.25) is 9.80 Å². The molecule has 0 saturated carbocycles. The molecule has 3 heterocycles. The van der Waals surface area contributed by atoms with Crippen LogP contribution in [0.5, 0.6) is 17.2 Å². The number of phenolic OH excluding ortho intramolecular Hbond substituents is 3. The fraction of sp³-hybridized carbons (Fsp3) is 0.297. The molecule has 6 N–H and O–H groups in total. The van der Waals surface area contributed by atoms with Crippen LogP contribution in [0.25, 0.3) is 44.6 Å². The number of piperidine rings is 1. The average Bonchev–Trinajstić information content (AvgIpc) is 0.808. The van der Waals surface area contributed by atoms with Crippen molar-refractivity contribution in [2.24, 2.45) is 0 Å². The van der Waals surface area contributed by atoms with Crippen LogP contribution in [-0.2, 0) is 0 Å². The maximum Gasteiger partial charge on any atom is 0.116 e. The molecule has 9 aromatic carbocycles. The zero-order chi connectivity index (χ0) is 70.2. The highest BCUT2D eigenvalue weighted by molar-refractivity contribution is 6.01. The first-order valence-electron chi connectivity index (χ1n) is 36.2. The van der Waals surface area contributed by atoms with Gasteiger partial charge in [-0.15, -0.1) is 0 Å². The van der Waals surface area contributed by atoms with E-state index in [1.807, 2.05) is 66.7 Å². The van der Waals surface area contributed by atoms with E-state index < -0.39 is 0 Å². The Labute approximate surface area is 595 Å². The maximum absolute atomic E-state index is 10.2. The Hall–Kier alpha value is -9.16. The second-order valence-corrected chi connectivity index (χ2v) is 27.3. The molecule has 3 aliphatic heterocycles. The Morgan fingerprint density at radius 3 is 1.01 bits per heavy atom. The van der Waals surface area contributed by atoms with E-state index in [1.165, 1.54) is 57.4 Å². The second kappa shape index (κ2) is 37.3. The number of phenols is 3. The minimum absolute atomic E-state index is 0.143. The normalized spacial score (nSPS) is 15.5. The first-order valence-corrected chi connectivity index (χ1v) is 36.2. The van der Waals surface area contributed by atoms with Crippen molar-refractivity contribution in [3.8, 4) is 17.2 Å². The number of hydrogen-bond acceptors (Lipinski definition) is 9. The summed E-state index contributed by atoms with van der Waals surface area (Å²) in [5.41, 5.74) is 23.6. The van der Waals surface area contributed by atoms with E-state index in [9.17, 15) is 30.6 Å². The highest BCUT2D eigenvalue weighted by atomic mass is 16.3. The van der Waals surface area contributed by atoms with Crippen LogP contribution >= 0.6 is 0 Å². The Bertz CT molecular complexity index is 4170. The van der Waals surface area contributed by atoms with Gasteiger partial charge in [0.25, 0.3) is 0 Å². The summed E-state index contributed by atoms with van der Waals surface area (Å²) in [6, 6.07) is 81.5. The van der Waals surface area contributed by atoms with Crippen molar-refractivity contribution in [1.29, 1.82) is 0 Å². The summed E-state index contributed by atoms with van der Waals surface area (Å²) in [7, 11) is 2.20. The van der Waals surface area contributed by atoms with Crippen LogP contribution in [0.3, 0.4) is 0 Å². The first kappa shape index (κ1) is 73.6. The highest BCUT2D eigenvalue weighted by Crippen LogP contribution is 2.41. The molecule has 9 nitrogen and oxygen atoms in total. The van der Waals surface area contributed by atoms with Crippen molar-refractivity contribution >= 4 is 44.6 Å². The zero-order valence-corrected chi connectivity index (χ0v) is 59.4. The Morgan fingerprint density at radius 2 is 0.690 bits per heavy atom. The van der Waals surface area contributed by atoms with E-state index in [1.54, 1.807) is 24.3 Å². The highest BCUT2D eigenvalue weighted by Gasteiger charge is 2.23. The second-order valence-electron chi connectivity index (χ2n) is 27.3. The lowest BCUT2D eigenvalue weighted by Crippen LogP contribution is -2.34. The van der Waals surface area contributed by atoms with Crippen LogP contribution < -0.4 is 0 Å². The van der Waals surface area contributed by atoms with Crippen molar-refractivity contribution in [3.63, 3.8) is 0 Å². The van der Waals surface area contributed by atoms with Crippen LogP contribution in [0.2, 0.25) is 0 Å². The molecule has 0 bridgehead atoms. The predicted octanol–water partition coefficient (Wildman–Crippen LogP) is 19.2. The predicted molar refractivity (Wildman–Crippen MR) is 418 cm³/mol. The molecule has 3 aliphatic rings. The fourth-order valence-electron chi connectivity index (χ4n) is 14.2. The molecule has 9 aromatic rings. The van der Waals surface area contributed by atoms with Gasteiger partial charge in [0.05, 0.1) is 0 Å². The molecule has 0 spiro atoms. The lowest BCUT2D eigenvalue weighted by Gasteiger charge is -2.29. The Balaban J connectivity index is 0.000000162. The molecular formula is C91H103N3O6. The summed E-state index contributed by atoms with van der Waals surface area (Å²) in [5.74, 6) is 1.40. The van der Waals surface area contributed by atoms with Crippen LogP contribution in [0.1, 0.15) is 165 Å². The van der Waals surface area contributed by atoms with E-state index in [0.717, 1.165) is 138 Å². The Kier molecular flexibility index (Phi) is 27.5. The minimum Gasteiger partial charge on any atom is -0.508 e. The average molecular weight is 1330 g/mol. The summed E-state index contributed by atoms with van der Waals surface area (Å²) in [4.78, 5) is 7.39. The van der Waals surface area contributed by atoms with Gasteiger partial charge >= 0.3 is 0 Å².